The van der Waals surface area contributed by atoms with Gasteiger partial charge in [-0.15, -0.1) is 11.3 Å². The molecule has 0 bridgehead atoms. The molecule has 0 nitrogen and oxygen atoms in total. The van der Waals surface area contributed by atoms with Crippen LogP contribution in [0.3, 0.4) is 0 Å². The standard InChI is InChI=1S/C9H5Br2ClS/c10-3-5-4-13-9-7(5)1-6(11)2-8(9)12/h1-2,4H,3H2. The van der Waals surface area contributed by atoms with Crippen LogP contribution in [0.25, 0.3) is 10.1 Å². The van der Waals surface area contributed by atoms with E-state index in [0.717, 1.165) is 14.8 Å². The Kier molecular flexibility index (Phi) is 2.98. The quantitative estimate of drug-likeness (QED) is 0.625. The fraction of sp³-hybridized carbons (Fsp3) is 0.111. The van der Waals surface area contributed by atoms with E-state index >= 15 is 0 Å². The van der Waals surface area contributed by atoms with Gasteiger partial charge in [-0.3, -0.25) is 0 Å². The lowest BCUT2D eigenvalue weighted by atomic mass is 10.2. The number of alkyl halides is 1. The predicted molar refractivity (Wildman–Crippen MR) is 67.2 cm³/mol. The largest absolute Gasteiger partial charge is 0.142 e. The van der Waals surface area contributed by atoms with Crippen molar-refractivity contribution in [1.29, 1.82) is 0 Å². The fourth-order valence-electron chi connectivity index (χ4n) is 1.22. The molecule has 0 aliphatic rings. The molecule has 0 aliphatic carbocycles. The minimum absolute atomic E-state index is 0.821. The van der Waals surface area contributed by atoms with Crippen molar-refractivity contribution in [3.05, 3.63) is 32.6 Å². The molecule has 1 aromatic heterocycles. The Labute approximate surface area is 102 Å². The van der Waals surface area contributed by atoms with Gasteiger partial charge < -0.3 is 0 Å². The normalized spacial score (nSPS) is 11.0. The first-order valence-corrected chi connectivity index (χ1v) is 6.80. The van der Waals surface area contributed by atoms with Crippen LogP contribution in [-0.4, -0.2) is 0 Å². The SMILES string of the molecule is Clc1cc(Br)cc2c(CBr)csc12. The number of fused-ring (bicyclic) bond motifs is 1. The van der Waals surface area contributed by atoms with Gasteiger partial charge in [-0.1, -0.05) is 43.5 Å². The maximum atomic E-state index is 6.10. The Morgan fingerprint density at radius 1 is 1.38 bits per heavy atom. The second-order valence-corrected chi connectivity index (χ2v) is 5.42. The van der Waals surface area contributed by atoms with Crippen molar-refractivity contribution in [3.63, 3.8) is 0 Å². The van der Waals surface area contributed by atoms with Gasteiger partial charge in [0.25, 0.3) is 0 Å². The van der Waals surface area contributed by atoms with E-state index in [1.54, 1.807) is 11.3 Å². The highest BCUT2D eigenvalue weighted by Gasteiger charge is 2.07. The zero-order valence-corrected chi connectivity index (χ0v) is 11.2. The van der Waals surface area contributed by atoms with E-state index in [2.05, 4.69) is 43.3 Å². The van der Waals surface area contributed by atoms with Crippen molar-refractivity contribution < 1.29 is 0 Å². The molecule has 0 radical (unpaired) electrons. The van der Waals surface area contributed by atoms with Crippen LogP contribution < -0.4 is 0 Å². The van der Waals surface area contributed by atoms with Gasteiger partial charge in [-0.25, -0.2) is 0 Å². The monoisotopic (exact) mass is 338 g/mol. The highest BCUT2D eigenvalue weighted by Crippen LogP contribution is 2.35. The zero-order chi connectivity index (χ0) is 9.42. The van der Waals surface area contributed by atoms with E-state index in [1.807, 2.05) is 6.07 Å². The topological polar surface area (TPSA) is 0 Å². The zero-order valence-electron chi connectivity index (χ0n) is 6.48. The van der Waals surface area contributed by atoms with Crippen LogP contribution >= 0.6 is 54.8 Å². The summed E-state index contributed by atoms with van der Waals surface area (Å²) >= 11 is 14.7. The molecule has 0 saturated carbocycles. The van der Waals surface area contributed by atoms with E-state index < -0.39 is 0 Å². The molecule has 0 amide bonds. The van der Waals surface area contributed by atoms with Crippen molar-refractivity contribution >= 4 is 64.9 Å². The summed E-state index contributed by atoms with van der Waals surface area (Å²) in [6.07, 6.45) is 0. The third-order valence-electron chi connectivity index (χ3n) is 1.82. The van der Waals surface area contributed by atoms with Gasteiger partial charge in [0.2, 0.25) is 0 Å². The predicted octanol–water partition coefficient (Wildman–Crippen LogP) is 5.21. The third-order valence-corrected chi connectivity index (χ3v) is 4.37. The molecule has 0 spiro atoms. The number of halogens is 3. The van der Waals surface area contributed by atoms with E-state index in [1.165, 1.54) is 15.6 Å². The molecule has 13 heavy (non-hydrogen) atoms. The molecule has 68 valence electrons. The first-order chi connectivity index (χ1) is 6.22. The number of benzene rings is 1. The number of hydrogen-bond donors (Lipinski definition) is 0. The van der Waals surface area contributed by atoms with Crippen molar-refractivity contribution in [2.75, 3.05) is 0 Å². The van der Waals surface area contributed by atoms with E-state index in [-0.39, 0.29) is 0 Å². The highest BCUT2D eigenvalue weighted by molar-refractivity contribution is 9.10. The second-order valence-electron chi connectivity index (χ2n) is 2.66. The Morgan fingerprint density at radius 2 is 2.15 bits per heavy atom. The van der Waals surface area contributed by atoms with Gasteiger partial charge in [0, 0.05) is 9.80 Å². The van der Waals surface area contributed by atoms with Gasteiger partial charge in [0.15, 0.2) is 0 Å². The summed E-state index contributed by atoms with van der Waals surface area (Å²) in [5.41, 5.74) is 1.29. The second kappa shape index (κ2) is 3.89. The molecule has 0 fully saturated rings. The molecule has 2 aromatic rings. The lowest BCUT2D eigenvalue weighted by molar-refractivity contribution is 1.54. The third kappa shape index (κ3) is 1.80. The summed E-state index contributed by atoms with van der Waals surface area (Å²) in [5.74, 6) is 0. The Morgan fingerprint density at radius 3 is 2.85 bits per heavy atom. The first kappa shape index (κ1) is 9.97. The lowest BCUT2D eigenvalue weighted by Crippen LogP contribution is -1.74. The molecule has 4 heteroatoms. The minimum Gasteiger partial charge on any atom is -0.142 e. The smallest absolute Gasteiger partial charge is 0.0595 e. The minimum atomic E-state index is 0.821. The summed E-state index contributed by atoms with van der Waals surface area (Å²) in [5, 5.41) is 5.07. The van der Waals surface area contributed by atoms with Crippen LogP contribution in [0.5, 0.6) is 0 Å². The fourth-order valence-corrected chi connectivity index (χ4v) is 3.80. The average Bonchev–Trinajstić information content (AvgIpc) is 2.47. The highest BCUT2D eigenvalue weighted by atomic mass is 79.9. The molecule has 0 saturated heterocycles. The van der Waals surface area contributed by atoms with Gasteiger partial charge in [0.1, 0.15) is 0 Å². The molecular formula is C9H5Br2ClS. The van der Waals surface area contributed by atoms with E-state index in [9.17, 15) is 0 Å². The average molecular weight is 340 g/mol. The summed E-state index contributed by atoms with van der Waals surface area (Å²) in [4.78, 5) is 0. The molecular weight excluding hydrogens is 335 g/mol. The van der Waals surface area contributed by atoms with Crippen molar-refractivity contribution in [2.24, 2.45) is 0 Å². The van der Waals surface area contributed by atoms with Gasteiger partial charge in [-0.05, 0) is 28.5 Å². The Bertz CT molecular complexity index is 450. The Hall–Kier alpha value is 0.430. The van der Waals surface area contributed by atoms with Gasteiger partial charge >= 0.3 is 0 Å². The summed E-state index contributed by atoms with van der Waals surface area (Å²) in [7, 11) is 0. The van der Waals surface area contributed by atoms with Crippen LogP contribution in [0, 0.1) is 0 Å². The molecule has 1 heterocycles. The van der Waals surface area contributed by atoms with Crippen LogP contribution in [0.15, 0.2) is 22.0 Å². The summed E-state index contributed by atoms with van der Waals surface area (Å²) in [6.45, 7) is 0. The van der Waals surface area contributed by atoms with Gasteiger partial charge in [0.05, 0.1) is 9.72 Å². The van der Waals surface area contributed by atoms with Crippen LogP contribution in [0.4, 0.5) is 0 Å². The molecule has 1 aromatic carbocycles. The maximum absolute atomic E-state index is 6.10. The van der Waals surface area contributed by atoms with E-state index in [0.29, 0.717) is 0 Å². The van der Waals surface area contributed by atoms with Crippen molar-refractivity contribution in [2.45, 2.75) is 5.33 Å². The van der Waals surface area contributed by atoms with Crippen LogP contribution in [-0.2, 0) is 5.33 Å². The molecule has 0 aliphatic heterocycles. The van der Waals surface area contributed by atoms with Crippen LogP contribution in [0.1, 0.15) is 5.56 Å². The maximum Gasteiger partial charge on any atom is 0.0595 e. The number of thiophene rings is 1. The molecule has 2 rings (SSSR count). The lowest BCUT2D eigenvalue weighted by Gasteiger charge is -1.97. The Balaban J connectivity index is 2.82. The molecule has 0 unspecified atom stereocenters. The van der Waals surface area contributed by atoms with Crippen LogP contribution in [0.2, 0.25) is 5.02 Å². The first-order valence-electron chi connectivity index (χ1n) is 3.63. The van der Waals surface area contributed by atoms with Gasteiger partial charge in [-0.2, -0.15) is 0 Å². The number of hydrogen-bond acceptors (Lipinski definition) is 1. The number of rotatable bonds is 1. The van der Waals surface area contributed by atoms with Crippen molar-refractivity contribution in [3.8, 4) is 0 Å². The van der Waals surface area contributed by atoms with E-state index in [4.69, 9.17) is 11.6 Å². The summed E-state index contributed by atoms with van der Waals surface area (Å²) < 4.78 is 2.20. The van der Waals surface area contributed by atoms with Crippen molar-refractivity contribution in [1.82, 2.24) is 0 Å². The molecule has 0 atom stereocenters. The molecule has 0 N–H and O–H groups in total. The summed E-state index contributed by atoms with van der Waals surface area (Å²) in [6, 6.07) is 4.03.